The standard InChI is InChI=1S/C68H94N2O12/c1-4-5-17-58(74)59(75)30-23-48-22-21-47-15-8-7-14-46(47)16-13-36-68(65(3,82)67(34-9-6-10-35-67)51-24-26-52(72)27-25-51)41-45-19-20-49(50(37-45)42-66(64(80)81)32-11-12-33-66)38-61(77)54-28-18-44(2)69-63(56(54)40-62(78)79)60(76)31-29-57(70-68)55(48)39-53(73)43-71/h7-8,14-15,19-20,23-27,30,37,44,53-54,56-61,63,69-77,82H,4-6,9-12,17-18,21-22,28-29,31-36,38-43H2,1-3H3,(H,78,79)(H,80,81). The molecule has 3 fully saturated rings. The van der Waals surface area contributed by atoms with Gasteiger partial charge in [0.2, 0.25) is 0 Å². The summed E-state index contributed by atoms with van der Waals surface area (Å²) in [6, 6.07) is 19.2. The number of unbranched alkanes of at least 4 members (excludes halogenated alkanes) is 1. The Labute approximate surface area is 486 Å². The molecule has 0 aromatic heterocycles. The maximum absolute atomic E-state index is 14.8. The van der Waals surface area contributed by atoms with Gasteiger partial charge in [0.25, 0.3) is 0 Å². The van der Waals surface area contributed by atoms with Gasteiger partial charge in [-0.15, -0.1) is 0 Å². The van der Waals surface area contributed by atoms with E-state index in [1.807, 2.05) is 75.4 Å². The third kappa shape index (κ3) is 14.2. The number of nitrogens with one attached hydrogen (secondary N) is 2. The first-order valence-corrected chi connectivity index (χ1v) is 30.8. The first-order valence-electron chi connectivity index (χ1n) is 30.8. The van der Waals surface area contributed by atoms with Crippen LogP contribution in [0.5, 0.6) is 5.75 Å². The van der Waals surface area contributed by atoms with Gasteiger partial charge in [-0.2, -0.15) is 0 Å². The molecule has 12 unspecified atom stereocenters. The fourth-order valence-electron chi connectivity index (χ4n) is 15.4. The predicted molar refractivity (Wildman–Crippen MR) is 317 cm³/mol. The van der Waals surface area contributed by atoms with Crippen LogP contribution >= 0.6 is 0 Å². The van der Waals surface area contributed by atoms with Crippen molar-refractivity contribution in [3.8, 4) is 17.6 Å². The summed E-state index contributed by atoms with van der Waals surface area (Å²) in [7, 11) is 0. The zero-order valence-electron chi connectivity index (χ0n) is 48.7. The lowest BCUT2D eigenvalue weighted by atomic mass is 9.52. The quantitative estimate of drug-likeness (QED) is 0.0568. The van der Waals surface area contributed by atoms with E-state index in [0.717, 1.165) is 71.9 Å². The highest BCUT2D eigenvalue weighted by molar-refractivity contribution is 5.75. The number of phenolic OH excluding ortho intramolecular Hbond substituents is 1. The fourth-order valence-corrected chi connectivity index (χ4v) is 15.4. The molecule has 9 rings (SSSR count). The number of aliphatic hydroxyl groups is 7. The van der Waals surface area contributed by atoms with Gasteiger partial charge in [0.05, 0.1) is 60.1 Å². The van der Waals surface area contributed by atoms with Crippen molar-refractivity contribution in [1.29, 1.82) is 0 Å². The van der Waals surface area contributed by atoms with Gasteiger partial charge >= 0.3 is 11.9 Å². The molecule has 0 spiro atoms. The third-order valence-corrected chi connectivity index (χ3v) is 20.2. The van der Waals surface area contributed by atoms with E-state index in [-0.39, 0.29) is 63.2 Å². The lowest BCUT2D eigenvalue weighted by molar-refractivity contribution is -0.148. The summed E-state index contributed by atoms with van der Waals surface area (Å²) < 4.78 is 0. The van der Waals surface area contributed by atoms with E-state index in [2.05, 4.69) is 28.5 Å². The third-order valence-electron chi connectivity index (χ3n) is 20.2. The van der Waals surface area contributed by atoms with Gasteiger partial charge in [-0.25, -0.2) is 0 Å². The zero-order valence-corrected chi connectivity index (χ0v) is 48.7. The van der Waals surface area contributed by atoms with Gasteiger partial charge in [-0.05, 0) is 179 Å². The molecule has 3 aromatic rings. The van der Waals surface area contributed by atoms with Crippen LogP contribution < -0.4 is 10.6 Å². The summed E-state index contributed by atoms with van der Waals surface area (Å²) in [6.07, 6.45) is 7.92. The Morgan fingerprint density at radius 2 is 1.59 bits per heavy atom. The monoisotopic (exact) mass is 1130 g/mol. The normalized spacial score (nSPS) is 28.9. The van der Waals surface area contributed by atoms with E-state index in [1.165, 1.54) is 0 Å². The van der Waals surface area contributed by atoms with E-state index in [1.54, 1.807) is 18.2 Å². The summed E-state index contributed by atoms with van der Waals surface area (Å²) in [5, 5.41) is 126. The number of hydrogen-bond donors (Lipinski definition) is 12. The number of fused-ring (bicyclic) bond motifs is 6. The maximum atomic E-state index is 14.8. The van der Waals surface area contributed by atoms with Crippen molar-refractivity contribution in [3.05, 3.63) is 123 Å². The van der Waals surface area contributed by atoms with E-state index in [9.17, 15) is 60.7 Å². The topological polar surface area (TPSA) is 260 Å². The smallest absolute Gasteiger partial charge is 0.309 e. The molecule has 6 bridgehead atoms. The number of phenols is 1. The summed E-state index contributed by atoms with van der Waals surface area (Å²) in [4.78, 5) is 26.6. The maximum Gasteiger partial charge on any atom is 0.309 e. The largest absolute Gasteiger partial charge is 0.508 e. The van der Waals surface area contributed by atoms with Gasteiger partial charge in [-0.1, -0.05) is 124 Å². The fraction of sp³-hybridized carbons (Fsp3) is 0.618. The Morgan fingerprint density at radius 3 is 2.28 bits per heavy atom. The summed E-state index contributed by atoms with van der Waals surface area (Å²) in [6.45, 7) is 5.32. The molecule has 4 heterocycles. The molecule has 12 N–H and O–H groups in total. The van der Waals surface area contributed by atoms with Gasteiger partial charge in [-0.3, -0.25) is 9.59 Å². The van der Waals surface area contributed by atoms with Crippen molar-refractivity contribution in [2.24, 2.45) is 17.3 Å². The van der Waals surface area contributed by atoms with Crippen LogP contribution in [-0.4, -0.2) is 129 Å². The first-order chi connectivity index (χ1) is 39.2. The van der Waals surface area contributed by atoms with E-state index in [4.69, 9.17) is 0 Å². The van der Waals surface area contributed by atoms with Crippen LogP contribution in [0.4, 0.5) is 0 Å². The van der Waals surface area contributed by atoms with Crippen molar-refractivity contribution in [1.82, 2.24) is 10.6 Å². The lowest BCUT2D eigenvalue weighted by Crippen LogP contribution is -2.73. The minimum atomic E-state index is -1.74. The second-order valence-corrected chi connectivity index (χ2v) is 25.6. The molecule has 1 saturated heterocycles. The van der Waals surface area contributed by atoms with Crippen molar-refractivity contribution in [2.75, 3.05) is 6.61 Å². The Hall–Kier alpha value is -4.92. The van der Waals surface area contributed by atoms with Crippen molar-refractivity contribution < 1.29 is 60.7 Å². The molecule has 0 amide bonds. The number of allylic oxidation sites excluding steroid dienone is 2. The molecule has 3 aromatic carbocycles. The number of benzene rings is 3. The number of aliphatic carboxylic acids is 2. The van der Waals surface area contributed by atoms with Crippen LogP contribution in [0.1, 0.15) is 183 Å². The average Bonchev–Trinajstić information content (AvgIpc) is 2.48. The van der Waals surface area contributed by atoms with Crippen LogP contribution in [0, 0.1) is 29.1 Å². The van der Waals surface area contributed by atoms with Crippen LogP contribution in [-0.2, 0) is 40.7 Å². The summed E-state index contributed by atoms with van der Waals surface area (Å²) in [5.41, 5.74) is 0.963. The molecular formula is C68H94N2O12. The Morgan fingerprint density at radius 1 is 0.866 bits per heavy atom. The van der Waals surface area contributed by atoms with Gasteiger partial charge in [0, 0.05) is 35.5 Å². The molecule has 2 aliphatic carbocycles. The lowest BCUT2D eigenvalue weighted by Gasteiger charge is -2.59. The number of rotatable bonds is 17. The van der Waals surface area contributed by atoms with Crippen LogP contribution in [0.2, 0.25) is 0 Å². The van der Waals surface area contributed by atoms with Crippen LogP contribution in [0.25, 0.3) is 0 Å². The van der Waals surface area contributed by atoms with E-state index >= 15 is 0 Å². The predicted octanol–water partition coefficient (Wildman–Crippen LogP) is 8.27. The SMILES string of the molecule is CCCCC(O)C(O)C=CC1=C(CC(O)CO)C2CCC(O)C3NC(C)CCC(C(O)Cc4ccc(cc4CC4(C(=O)O)CCCC4)CC(C(C)(O)C4(c5ccc(O)cc5)CCCCC4)(CC#Cc4ccccc4CC1)N2)C3CC(=O)O. The number of hydrogen-bond acceptors (Lipinski definition) is 12. The number of carbonyl (C=O) groups is 2. The summed E-state index contributed by atoms with van der Waals surface area (Å²) in [5.74, 6) is 4.02. The molecule has 6 aliphatic rings. The second-order valence-electron chi connectivity index (χ2n) is 25.6. The average molecular weight is 1130 g/mol. The Bertz CT molecular complexity index is 2750. The Kier molecular flexibility index (Phi) is 21.4. The molecular weight excluding hydrogens is 1040 g/mol. The Balaban J connectivity index is 1.47. The van der Waals surface area contributed by atoms with Gasteiger partial charge in [0.1, 0.15) is 5.75 Å². The molecule has 12 atom stereocenters. The van der Waals surface area contributed by atoms with Crippen molar-refractivity contribution in [3.63, 3.8) is 0 Å². The number of aryl methyl sites for hydroxylation is 1. The van der Waals surface area contributed by atoms with Crippen molar-refractivity contribution in [2.45, 2.75) is 240 Å². The number of aliphatic hydroxyl groups excluding tert-OH is 6. The van der Waals surface area contributed by atoms with E-state index in [0.29, 0.717) is 75.4 Å². The molecule has 2 saturated carbocycles. The number of carboxylic acids is 2. The molecule has 0 radical (unpaired) electrons. The van der Waals surface area contributed by atoms with E-state index < -0.39 is 95.0 Å². The minimum absolute atomic E-state index is 0.0511. The second kappa shape index (κ2) is 27.9. The molecule has 14 nitrogen and oxygen atoms in total. The summed E-state index contributed by atoms with van der Waals surface area (Å²) >= 11 is 0. The zero-order chi connectivity index (χ0) is 58.8. The molecule has 4 aliphatic heterocycles. The van der Waals surface area contributed by atoms with Gasteiger partial charge in [0.15, 0.2) is 0 Å². The number of aromatic hydroxyl groups is 1. The van der Waals surface area contributed by atoms with Crippen LogP contribution in [0.3, 0.4) is 0 Å². The molecule has 14 heteroatoms. The minimum Gasteiger partial charge on any atom is -0.508 e. The highest BCUT2D eigenvalue weighted by Crippen LogP contribution is 2.54. The van der Waals surface area contributed by atoms with Crippen molar-refractivity contribution >= 4 is 11.9 Å². The highest BCUT2D eigenvalue weighted by Gasteiger charge is 2.61. The molecule has 82 heavy (non-hydrogen) atoms. The van der Waals surface area contributed by atoms with Gasteiger partial charge < -0.3 is 61.7 Å². The number of carboxylic acid groups (broad SMARTS) is 2. The highest BCUT2D eigenvalue weighted by atomic mass is 16.4. The first kappa shape index (κ1) is 63.1. The molecule has 448 valence electrons. The van der Waals surface area contributed by atoms with Crippen LogP contribution in [0.15, 0.2) is 90.0 Å².